The van der Waals surface area contributed by atoms with Crippen LogP contribution < -0.4 is 10.1 Å². The van der Waals surface area contributed by atoms with Crippen LogP contribution in [0.15, 0.2) is 48.5 Å². The maximum absolute atomic E-state index is 8.72. The molecule has 0 aliphatic rings. The summed E-state index contributed by atoms with van der Waals surface area (Å²) < 4.78 is 5.70. The highest BCUT2D eigenvalue weighted by Gasteiger charge is 1.97. The molecule has 0 heterocycles. The monoisotopic (exact) mass is 291 g/mol. The van der Waals surface area contributed by atoms with E-state index in [-0.39, 0.29) is 6.61 Å². The molecular formula is C16H18ClNO2. The number of benzene rings is 2. The molecule has 0 saturated carbocycles. The lowest BCUT2D eigenvalue weighted by Gasteiger charge is -2.09. The number of hydrogen-bond acceptors (Lipinski definition) is 3. The third-order valence-corrected chi connectivity index (χ3v) is 3.09. The van der Waals surface area contributed by atoms with Crippen LogP contribution in [0.25, 0.3) is 0 Å². The molecule has 0 bridgehead atoms. The number of nitrogens with one attached hydrogen (secondary N) is 1. The molecule has 0 saturated heterocycles. The van der Waals surface area contributed by atoms with Crippen LogP contribution in [0.1, 0.15) is 12.0 Å². The summed E-state index contributed by atoms with van der Waals surface area (Å²) in [6, 6.07) is 15.4. The molecule has 2 N–H and O–H groups in total. The van der Waals surface area contributed by atoms with Crippen molar-refractivity contribution in [3.05, 3.63) is 59.1 Å². The number of aliphatic hydroxyl groups excluding tert-OH is 1. The predicted octanol–water partition coefficient (Wildman–Crippen LogP) is 3.71. The number of aliphatic hydroxyl groups is 1. The first-order chi connectivity index (χ1) is 9.78. The zero-order valence-corrected chi connectivity index (χ0v) is 11.9. The Kier molecular flexibility index (Phi) is 5.71. The molecule has 2 aromatic carbocycles. The summed E-state index contributed by atoms with van der Waals surface area (Å²) in [6.07, 6.45) is 0.745. The van der Waals surface area contributed by atoms with E-state index in [2.05, 4.69) is 5.32 Å². The van der Waals surface area contributed by atoms with E-state index in [1.54, 1.807) is 0 Å². The molecule has 2 aromatic rings. The van der Waals surface area contributed by atoms with E-state index in [4.69, 9.17) is 21.4 Å². The van der Waals surface area contributed by atoms with Gasteiger partial charge in [-0.2, -0.15) is 0 Å². The number of halogens is 1. The maximum atomic E-state index is 8.72. The van der Waals surface area contributed by atoms with Gasteiger partial charge in [-0.15, -0.1) is 0 Å². The van der Waals surface area contributed by atoms with Crippen molar-refractivity contribution >= 4 is 17.3 Å². The Balaban J connectivity index is 1.82. The lowest BCUT2D eigenvalue weighted by atomic mass is 10.2. The van der Waals surface area contributed by atoms with Crippen LogP contribution in [-0.4, -0.2) is 18.3 Å². The first-order valence-electron chi connectivity index (χ1n) is 6.60. The van der Waals surface area contributed by atoms with E-state index >= 15 is 0 Å². The van der Waals surface area contributed by atoms with Crippen molar-refractivity contribution in [3.8, 4) is 5.75 Å². The molecule has 0 aliphatic heterocycles. The quantitative estimate of drug-likeness (QED) is 0.764. The van der Waals surface area contributed by atoms with Gasteiger partial charge in [0, 0.05) is 23.9 Å². The smallest absolute Gasteiger partial charge is 0.119 e. The minimum absolute atomic E-state index is 0.204. The second-order valence-electron chi connectivity index (χ2n) is 4.44. The lowest BCUT2D eigenvalue weighted by molar-refractivity contribution is 0.292. The molecule has 3 nitrogen and oxygen atoms in total. The molecule has 0 radical (unpaired) electrons. The SMILES string of the molecule is OCCCNc1ccc(OCc2ccc(Cl)cc2)cc1. The largest absolute Gasteiger partial charge is 0.489 e. The number of hydrogen-bond donors (Lipinski definition) is 2. The van der Waals surface area contributed by atoms with E-state index < -0.39 is 0 Å². The summed E-state index contributed by atoms with van der Waals surface area (Å²) in [5.74, 6) is 0.827. The fourth-order valence-corrected chi connectivity index (χ4v) is 1.85. The van der Waals surface area contributed by atoms with Crippen molar-refractivity contribution in [1.29, 1.82) is 0 Å². The van der Waals surface area contributed by atoms with Gasteiger partial charge in [0.05, 0.1) is 0 Å². The minimum Gasteiger partial charge on any atom is -0.489 e. The molecule has 0 spiro atoms. The Bertz CT molecular complexity index is 511. The van der Waals surface area contributed by atoms with Crippen molar-refractivity contribution in [2.75, 3.05) is 18.5 Å². The van der Waals surface area contributed by atoms with E-state index in [1.807, 2.05) is 48.5 Å². The Hall–Kier alpha value is -1.71. The molecule has 20 heavy (non-hydrogen) atoms. The van der Waals surface area contributed by atoms with Gasteiger partial charge in [0.25, 0.3) is 0 Å². The van der Waals surface area contributed by atoms with Gasteiger partial charge < -0.3 is 15.2 Å². The molecule has 0 amide bonds. The van der Waals surface area contributed by atoms with Crippen LogP contribution in [0.5, 0.6) is 5.75 Å². The number of anilines is 1. The Morgan fingerprint density at radius 3 is 2.35 bits per heavy atom. The van der Waals surface area contributed by atoms with E-state index in [0.717, 1.165) is 35.0 Å². The molecule has 106 valence electrons. The molecular weight excluding hydrogens is 274 g/mol. The molecule has 0 fully saturated rings. The van der Waals surface area contributed by atoms with Crippen LogP contribution in [0.4, 0.5) is 5.69 Å². The molecule has 2 rings (SSSR count). The van der Waals surface area contributed by atoms with Crippen LogP contribution >= 0.6 is 11.6 Å². The lowest BCUT2D eigenvalue weighted by Crippen LogP contribution is -2.03. The van der Waals surface area contributed by atoms with Gasteiger partial charge >= 0.3 is 0 Å². The highest BCUT2D eigenvalue weighted by atomic mass is 35.5. The van der Waals surface area contributed by atoms with Crippen LogP contribution in [-0.2, 0) is 6.61 Å². The van der Waals surface area contributed by atoms with Gasteiger partial charge in [-0.25, -0.2) is 0 Å². The van der Waals surface area contributed by atoms with Gasteiger partial charge in [-0.05, 0) is 48.4 Å². The van der Waals surface area contributed by atoms with Crippen molar-refractivity contribution in [2.24, 2.45) is 0 Å². The van der Waals surface area contributed by atoms with Gasteiger partial charge in [0.1, 0.15) is 12.4 Å². The minimum atomic E-state index is 0.204. The topological polar surface area (TPSA) is 41.5 Å². The third kappa shape index (κ3) is 4.76. The molecule has 0 aliphatic carbocycles. The number of rotatable bonds is 7. The highest BCUT2D eigenvalue weighted by Crippen LogP contribution is 2.17. The zero-order valence-electron chi connectivity index (χ0n) is 11.2. The average Bonchev–Trinajstić information content (AvgIpc) is 2.48. The van der Waals surface area contributed by atoms with Crippen molar-refractivity contribution in [3.63, 3.8) is 0 Å². The van der Waals surface area contributed by atoms with Gasteiger partial charge in [0.2, 0.25) is 0 Å². The number of ether oxygens (including phenoxy) is 1. The van der Waals surface area contributed by atoms with Crippen molar-refractivity contribution in [2.45, 2.75) is 13.0 Å². The van der Waals surface area contributed by atoms with Crippen LogP contribution in [0, 0.1) is 0 Å². The highest BCUT2D eigenvalue weighted by molar-refractivity contribution is 6.30. The van der Waals surface area contributed by atoms with Gasteiger partial charge in [-0.3, -0.25) is 0 Å². The summed E-state index contributed by atoms with van der Waals surface area (Å²) in [5.41, 5.74) is 2.11. The van der Waals surface area contributed by atoms with Gasteiger partial charge in [0.15, 0.2) is 0 Å². The second-order valence-corrected chi connectivity index (χ2v) is 4.88. The molecule has 0 aromatic heterocycles. The maximum Gasteiger partial charge on any atom is 0.119 e. The third-order valence-electron chi connectivity index (χ3n) is 2.84. The second kappa shape index (κ2) is 7.78. The van der Waals surface area contributed by atoms with E-state index in [9.17, 15) is 0 Å². The molecule has 4 heteroatoms. The fourth-order valence-electron chi connectivity index (χ4n) is 1.73. The van der Waals surface area contributed by atoms with Gasteiger partial charge in [-0.1, -0.05) is 23.7 Å². The predicted molar refractivity (Wildman–Crippen MR) is 82.4 cm³/mol. The first-order valence-corrected chi connectivity index (χ1v) is 6.98. The molecule has 0 unspecified atom stereocenters. The Morgan fingerprint density at radius 1 is 1.00 bits per heavy atom. The summed E-state index contributed by atoms with van der Waals surface area (Å²) in [4.78, 5) is 0. The average molecular weight is 292 g/mol. The van der Waals surface area contributed by atoms with E-state index in [0.29, 0.717) is 6.61 Å². The Labute approximate surface area is 124 Å². The standard InChI is InChI=1S/C16H18ClNO2/c17-14-4-2-13(3-5-14)12-20-16-8-6-15(7-9-16)18-10-1-11-19/h2-9,18-19H,1,10-12H2. The zero-order chi connectivity index (χ0) is 14.2. The van der Waals surface area contributed by atoms with E-state index in [1.165, 1.54) is 0 Å². The van der Waals surface area contributed by atoms with Crippen molar-refractivity contribution in [1.82, 2.24) is 0 Å². The summed E-state index contributed by atoms with van der Waals surface area (Å²) >= 11 is 5.83. The van der Waals surface area contributed by atoms with Crippen LogP contribution in [0.3, 0.4) is 0 Å². The fraction of sp³-hybridized carbons (Fsp3) is 0.250. The Morgan fingerprint density at radius 2 is 1.70 bits per heavy atom. The normalized spacial score (nSPS) is 10.3. The molecule has 0 atom stereocenters. The summed E-state index contributed by atoms with van der Waals surface area (Å²) in [5, 5.41) is 12.7. The summed E-state index contributed by atoms with van der Waals surface area (Å²) in [7, 11) is 0. The summed E-state index contributed by atoms with van der Waals surface area (Å²) in [6.45, 7) is 1.49. The van der Waals surface area contributed by atoms with Crippen LogP contribution in [0.2, 0.25) is 5.02 Å². The van der Waals surface area contributed by atoms with Crippen molar-refractivity contribution < 1.29 is 9.84 Å². The first kappa shape index (κ1) is 14.7.